The molecule has 1 aliphatic rings. The highest BCUT2D eigenvalue weighted by molar-refractivity contribution is 5.72. The lowest BCUT2D eigenvalue weighted by Crippen LogP contribution is -2.06. The van der Waals surface area contributed by atoms with E-state index >= 15 is 0 Å². The van der Waals surface area contributed by atoms with E-state index in [1.165, 1.54) is 24.0 Å². The van der Waals surface area contributed by atoms with Gasteiger partial charge in [-0.25, -0.2) is 4.98 Å². The molecule has 0 aliphatic heterocycles. The van der Waals surface area contributed by atoms with E-state index in [0.717, 1.165) is 22.9 Å². The molecule has 3 rings (SSSR count). The molecule has 0 radical (unpaired) electrons. The summed E-state index contributed by atoms with van der Waals surface area (Å²) in [6.45, 7) is 8.61. The second-order valence-electron chi connectivity index (χ2n) is 6.34. The molecule has 106 valence electrons. The van der Waals surface area contributed by atoms with Crippen molar-refractivity contribution in [3.63, 3.8) is 0 Å². The fourth-order valence-electron chi connectivity index (χ4n) is 2.91. The van der Waals surface area contributed by atoms with Crippen LogP contribution in [0.3, 0.4) is 0 Å². The second kappa shape index (κ2) is 4.65. The van der Waals surface area contributed by atoms with Gasteiger partial charge in [0, 0.05) is 17.5 Å². The van der Waals surface area contributed by atoms with Crippen molar-refractivity contribution in [1.29, 1.82) is 0 Å². The SMILES string of the molecule is Cc1cc(C)cc(-c2nc(C(C)C)n(C3CC3)c2N)c1. The molecule has 0 saturated heterocycles. The van der Waals surface area contributed by atoms with Crippen LogP contribution in [-0.4, -0.2) is 9.55 Å². The van der Waals surface area contributed by atoms with Gasteiger partial charge in [0.05, 0.1) is 0 Å². The lowest BCUT2D eigenvalue weighted by molar-refractivity contribution is 0.646. The van der Waals surface area contributed by atoms with E-state index in [2.05, 4.69) is 50.5 Å². The Morgan fingerprint density at radius 2 is 1.75 bits per heavy atom. The third kappa shape index (κ3) is 2.21. The predicted octanol–water partition coefficient (Wildman–Crippen LogP) is 4.21. The Hall–Kier alpha value is -1.77. The molecule has 3 nitrogen and oxygen atoms in total. The lowest BCUT2D eigenvalue weighted by Gasteiger charge is -2.10. The molecular weight excluding hydrogens is 246 g/mol. The summed E-state index contributed by atoms with van der Waals surface area (Å²) in [6, 6.07) is 7.10. The minimum Gasteiger partial charge on any atom is -0.383 e. The number of hydrogen-bond acceptors (Lipinski definition) is 2. The highest BCUT2D eigenvalue weighted by Crippen LogP contribution is 2.42. The zero-order valence-electron chi connectivity index (χ0n) is 12.8. The second-order valence-corrected chi connectivity index (χ2v) is 6.34. The van der Waals surface area contributed by atoms with E-state index in [9.17, 15) is 0 Å². The number of nitrogens with zero attached hydrogens (tertiary/aromatic N) is 2. The van der Waals surface area contributed by atoms with Crippen LogP contribution in [0.2, 0.25) is 0 Å². The van der Waals surface area contributed by atoms with Crippen LogP contribution < -0.4 is 5.73 Å². The first-order valence-electron chi connectivity index (χ1n) is 7.43. The summed E-state index contributed by atoms with van der Waals surface area (Å²) in [5.74, 6) is 2.36. The molecule has 1 aromatic carbocycles. The zero-order chi connectivity index (χ0) is 14.4. The fourth-order valence-corrected chi connectivity index (χ4v) is 2.91. The maximum Gasteiger partial charge on any atom is 0.132 e. The number of aryl methyl sites for hydroxylation is 2. The van der Waals surface area contributed by atoms with E-state index in [-0.39, 0.29) is 0 Å². The predicted molar refractivity (Wildman–Crippen MR) is 83.9 cm³/mol. The average Bonchev–Trinajstić information content (AvgIpc) is 3.11. The molecule has 0 unspecified atom stereocenters. The molecule has 2 N–H and O–H groups in total. The minimum atomic E-state index is 0.401. The number of nitrogen functional groups attached to an aromatic ring is 1. The topological polar surface area (TPSA) is 43.8 Å². The van der Waals surface area contributed by atoms with Crippen LogP contribution in [0.1, 0.15) is 55.6 Å². The third-order valence-corrected chi connectivity index (χ3v) is 3.90. The van der Waals surface area contributed by atoms with E-state index in [1.54, 1.807) is 0 Å². The average molecular weight is 269 g/mol. The Kier molecular flexibility index (Phi) is 3.08. The summed E-state index contributed by atoms with van der Waals surface area (Å²) in [5.41, 5.74) is 11.0. The van der Waals surface area contributed by atoms with Crippen LogP contribution >= 0.6 is 0 Å². The molecule has 2 aromatic rings. The van der Waals surface area contributed by atoms with Gasteiger partial charge in [-0.15, -0.1) is 0 Å². The monoisotopic (exact) mass is 269 g/mol. The van der Waals surface area contributed by atoms with Crippen molar-refractivity contribution >= 4 is 5.82 Å². The zero-order valence-corrected chi connectivity index (χ0v) is 12.8. The Labute approximate surface area is 120 Å². The quantitative estimate of drug-likeness (QED) is 0.907. The van der Waals surface area contributed by atoms with Gasteiger partial charge in [0.25, 0.3) is 0 Å². The minimum absolute atomic E-state index is 0.401. The van der Waals surface area contributed by atoms with Crippen molar-refractivity contribution in [2.24, 2.45) is 0 Å². The molecule has 0 amide bonds. The lowest BCUT2D eigenvalue weighted by atomic mass is 10.1. The van der Waals surface area contributed by atoms with Gasteiger partial charge in [-0.05, 0) is 38.8 Å². The van der Waals surface area contributed by atoms with Crippen LogP contribution in [0.25, 0.3) is 11.3 Å². The molecular formula is C17H23N3. The van der Waals surface area contributed by atoms with E-state index in [1.807, 2.05) is 0 Å². The fraction of sp³-hybridized carbons (Fsp3) is 0.471. The molecule has 20 heavy (non-hydrogen) atoms. The van der Waals surface area contributed by atoms with Crippen molar-refractivity contribution in [3.8, 4) is 11.3 Å². The first kappa shape index (κ1) is 13.2. The Morgan fingerprint density at radius 3 is 2.25 bits per heavy atom. The Balaban J connectivity index is 2.16. The third-order valence-electron chi connectivity index (χ3n) is 3.90. The van der Waals surface area contributed by atoms with Gasteiger partial charge in [-0.3, -0.25) is 0 Å². The largest absolute Gasteiger partial charge is 0.383 e. The first-order valence-corrected chi connectivity index (χ1v) is 7.43. The number of hydrogen-bond donors (Lipinski definition) is 1. The van der Waals surface area contributed by atoms with Crippen molar-refractivity contribution in [2.75, 3.05) is 5.73 Å². The van der Waals surface area contributed by atoms with Gasteiger partial charge >= 0.3 is 0 Å². The highest BCUT2D eigenvalue weighted by atomic mass is 15.2. The van der Waals surface area contributed by atoms with E-state index in [0.29, 0.717) is 12.0 Å². The number of aromatic nitrogens is 2. The summed E-state index contributed by atoms with van der Waals surface area (Å²) >= 11 is 0. The summed E-state index contributed by atoms with van der Waals surface area (Å²) in [5, 5.41) is 0. The number of anilines is 1. The van der Waals surface area contributed by atoms with Crippen molar-refractivity contribution in [3.05, 3.63) is 35.2 Å². The van der Waals surface area contributed by atoms with Crippen LogP contribution in [0, 0.1) is 13.8 Å². The van der Waals surface area contributed by atoms with Crippen molar-refractivity contribution in [1.82, 2.24) is 9.55 Å². The molecule has 0 atom stereocenters. The van der Waals surface area contributed by atoms with Gasteiger partial charge in [0.1, 0.15) is 17.3 Å². The van der Waals surface area contributed by atoms with E-state index < -0.39 is 0 Å². The van der Waals surface area contributed by atoms with Gasteiger partial charge in [0.15, 0.2) is 0 Å². The smallest absolute Gasteiger partial charge is 0.132 e. The van der Waals surface area contributed by atoms with Gasteiger partial charge in [0.2, 0.25) is 0 Å². The van der Waals surface area contributed by atoms with Gasteiger partial charge in [-0.1, -0.05) is 31.0 Å². The van der Waals surface area contributed by atoms with Crippen LogP contribution in [0.15, 0.2) is 18.2 Å². The van der Waals surface area contributed by atoms with Crippen molar-refractivity contribution < 1.29 is 0 Å². The molecule has 1 aromatic heterocycles. The summed E-state index contributed by atoms with van der Waals surface area (Å²) < 4.78 is 2.26. The van der Waals surface area contributed by atoms with Crippen molar-refractivity contribution in [2.45, 2.75) is 52.5 Å². The van der Waals surface area contributed by atoms with Gasteiger partial charge in [-0.2, -0.15) is 0 Å². The van der Waals surface area contributed by atoms with Crippen LogP contribution in [0.4, 0.5) is 5.82 Å². The Morgan fingerprint density at radius 1 is 1.15 bits per heavy atom. The number of benzene rings is 1. The molecule has 1 aliphatic carbocycles. The molecule has 1 saturated carbocycles. The maximum atomic E-state index is 6.42. The molecule has 0 bridgehead atoms. The summed E-state index contributed by atoms with van der Waals surface area (Å²) in [6.07, 6.45) is 2.46. The molecule has 1 fully saturated rings. The summed E-state index contributed by atoms with van der Waals surface area (Å²) in [7, 11) is 0. The maximum absolute atomic E-state index is 6.42. The highest BCUT2D eigenvalue weighted by Gasteiger charge is 2.30. The Bertz CT molecular complexity index is 628. The standard InChI is InChI=1S/C17H23N3/c1-10(2)17-19-15(16(18)20(17)14-5-6-14)13-8-11(3)7-12(4)9-13/h7-10,14H,5-6,18H2,1-4H3. The number of imidazole rings is 1. The van der Waals surface area contributed by atoms with E-state index in [4.69, 9.17) is 10.7 Å². The van der Waals surface area contributed by atoms with Crippen LogP contribution in [-0.2, 0) is 0 Å². The number of nitrogens with two attached hydrogens (primary N) is 1. The normalized spacial score (nSPS) is 15.1. The van der Waals surface area contributed by atoms with Crippen LogP contribution in [0.5, 0.6) is 0 Å². The summed E-state index contributed by atoms with van der Waals surface area (Å²) in [4.78, 5) is 4.86. The first-order chi connectivity index (χ1) is 9.47. The number of rotatable bonds is 3. The molecule has 1 heterocycles. The van der Waals surface area contributed by atoms with Gasteiger partial charge < -0.3 is 10.3 Å². The molecule has 0 spiro atoms. The molecule has 3 heteroatoms.